The van der Waals surface area contributed by atoms with Gasteiger partial charge in [0.15, 0.2) is 0 Å². The van der Waals surface area contributed by atoms with E-state index < -0.39 is 28.7 Å². The first kappa shape index (κ1) is 24.8. The van der Waals surface area contributed by atoms with Gasteiger partial charge < -0.3 is 19.6 Å². The molecule has 10 nitrogen and oxygen atoms in total. The van der Waals surface area contributed by atoms with Crippen LogP contribution in [0.1, 0.15) is 26.7 Å². The topological polar surface area (TPSA) is 118 Å². The van der Waals surface area contributed by atoms with Crippen LogP contribution in [0.2, 0.25) is 0 Å². The predicted molar refractivity (Wildman–Crippen MR) is 134 cm³/mol. The zero-order valence-corrected chi connectivity index (χ0v) is 21.3. The lowest BCUT2D eigenvalue weighted by Gasteiger charge is -2.38. The third-order valence-electron chi connectivity index (χ3n) is 7.66. The molecular formula is C25H31N5O5S. The van der Waals surface area contributed by atoms with E-state index in [1.807, 2.05) is 24.3 Å². The van der Waals surface area contributed by atoms with E-state index >= 15 is 0 Å². The second kappa shape index (κ2) is 9.51. The highest BCUT2D eigenvalue weighted by molar-refractivity contribution is 8.02. The molecule has 3 saturated heterocycles. The summed E-state index contributed by atoms with van der Waals surface area (Å²) in [5, 5.41) is 18.4. The molecule has 3 aliphatic heterocycles. The summed E-state index contributed by atoms with van der Waals surface area (Å²) < 4.78 is 6.26. The molecule has 0 saturated carbocycles. The summed E-state index contributed by atoms with van der Waals surface area (Å²) in [6.45, 7) is 7.63. The van der Waals surface area contributed by atoms with Crippen molar-refractivity contribution in [2.24, 2.45) is 11.8 Å². The largest absolute Gasteiger partial charge is 0.466 e. The Kier molecular flexibility index (Phi) is 6.54. The smallest absolute Gasteiger partial charge is 0.310 e. The number of ether oxygens (including phenoxy) is 1. The molecule has 3 aliphatic rings. The minimum atomic E-state index is -0.818. The Bertz CT molecular complexity index is 1200. The Hall–Kier alpha value is -2.92. The maximum atomic E-state index is 14.3. The Labute approximate surface area is 213 Å². The Morgan fingerprint density at radius 1 is 1.42 bits per heavy atom. The van der Waals surface area contributed by atoms with Gasteiger partial charge in [-0.3, -0.25) is 14.4 Å². The van der Waals surface area contributed by atoms with E-state index in [0.717, 1.165) is 17.5 Å². The molecule has 0 aliphatic carbocycles. The summed E-state index contributed by atoms with van der Waals surface area (Å²) in [7, 11) is 0. The second-order valence-corrected chi connectivity index (χ2v) is 11.3. The zero-order valence-electron chi connectivity index (χ0n) is 20.4. The van der Waals surface area contributed by atoms with Crippen LogP contribution in [0.25, 0.3) is 11.0 Å². The Morgan fingerprint density at radius 3 is 2.92 bits per heavy atom. The number of fused-ring (bicyclic) bond motifs is 2. The molecule has 1 aromatic carbocycles. The Morgan fingerprint density at radius 2 is 2.19 bits per heavy atom. The fourth-order valence-corrected chi connectivity index (χ4v) is 8.36. The highest BCUT2D eigenvalue weighted by Gasteiger charge is 2.74. The number of hydrogen-bond acceptors (Lipinski definition) is 8. The van der Waals surface area contributed by atoms with Gasteiger partial charge in [0.1, 0.15) is 18.2 Å². The predicted octanol–water partition coefficient (Wildman–Crippen LogP) is 1.44. The molecule has 1 N–H and O–H groups in total. The SMILES string of the molecule is C=CCN(Cn1nnc2ccccc21)C(=O)C1N([C@H](C)CO)C(=O)[C@@H]2[C@@H](C(=O)OCC)[C@H]3CCC12S3. The number of rotatable bonds is 9. The van der Waals surface area contributed by atoms with E-state index in [1.165, 1.54) is 4.90 Å². The number of esters is 1. The standard InChI is InChI=1S/C25H31N5O5S/c1-4-12-28(14-29-17-9-7-6-8-16(17)26-27-29)23(33)21-25-11-10-18(36-25)19(24(34)35-5-2)20(25)22(32)30(21)15(3)13-31/h4,6-9,15,18-21,31H,1,5,10-14H2,2-3H3/t15-,18-,19+,20+,21?,25?/m1/s1. The number of carbonyl (C=O) groups excluding carboxylic acids is 3. The minimum absolute atomic E-state index is 0.0630. The van der Waals surface area contributed by atoms with Crippen LogP contribution < -0.4 is 0 Å². The van der Waals surface area contributed by atoms with Gasteiger partial charge in [0.2, 0.25) is 11.8 Å². The number of thioether (sulfide) groups is 1. The van der Waals surface area contributed by atoms with Gasteiger partial charge in [0, 0.05) is 11.8 Å². The first-order valence-corrected chi connectivity index (χ1v) is 13.2. The lowest BCUT2D eigenvalue weighted by molar-refractivity contribution is -0.154. The van der Waals surface area contributed by atoms with Crippen molar-refractivity contribution in [1.82, 2.24) is 24.8 Å². The average Bonchev–Trinajstić information content (AvgIpc) is 3.62. The van der Waals surface area contributed by atoms with E-state index in [-0.39, 0.29) is 49.5 Å². The number of hydrogen-bond donors (Lipinski definition) is 1. The van der Waals surface area contributed by atoms with Gasteiger partial charge in [-0.25, -0.2) is 4.68 Å². The molecule has 2 aromatic rings. The van der Waals surface area contributed by atoms with Gasteiger partial charge in [-0.2, -0.15) is 0 Å². The van der Waals surface area contributed by atoms with Gasteiger partial charge in [-0.15, -0.1) is 23.4 Å². The monoisotopic (exact) mass is 513 g/mol. The molecule has 2 amide bonds. The summed E-state index contributed by atoms with van der Waals surface area (Å²) >= 11 is 1.58. The Balaban J connectivity index is 1.53. The van der Waals surface area contributed by atoms with Crippen LogP contribution in [0.4, 0.5) is 0 Å². The summed E-state index contributed by atoms with van der Waals surface area (Å²) in [6.07, 6.45) is 3.02. The van der Waals surface area contributed by atoms with Gasteiger partial charge in [0.05, 0.1) is 41.4 Å². The van der Waals surface area contributed by atoms with Crippen LogP contribution >= 0.6 is 11.8 Å². The number of nitrogens with zero attached hydrogens (tertiary/aromatic N) is 5. The highest BCUT2D eigenvalue weighted by atomic mass is 32.2. The fourth-order valence-electron chi connectivity index (χ4n) is 6.17. The molecule has 36 heavy (non-hydrogen) atoms. The van der Waals surface area contributed by atoms with Crippen molar-refractivity contribution < 1.29 is 24.2 Å². The van der Waals surface area contributed by atoms with E-state index in [0.29, 0.717) is 6.42 Å². The number of aliphatic hydroxyl groups excluding tert-OH is 1. The normalized spacial score (nSPS) is 29.4. The van der Waals surface area contributed by atoms with Gasteiger partial charge >= 0.3 is 5.97 Å². The molecule has 11 heteroatoms. The van der Waals surface area contributed by atoms with E-state index in [4.69, 9.17) is 4.74 Å². The molecule has 5 rings (SSSR count). The van der Waals surface area contributed by atoms with E-state index in [9.17, 15) is 19.5 Å². The van der Waals surface area contributed by atoms with Crippen molar-refractivity contribution in [1.29, 1.82) is 0 Å². The molecule has 0 radical (unpaired) electrons. The molecule has 3 fully saturated rings. The van der Waals surface area contributed by atoms with Crippen LogP contribution in [-0.2, 0) is 25.8 Å². The van der Waals surface area contributed by atoms with Crippen LogP contribution in [0.15, 0.2) is 36.9 Å². The number of likely N-dealkylation sites (tertiary alicyclic amines) is 1. The van der Waals surface area contributed by atoms with Crippen molar-refractivity contribution in [3.63, 3.8) is 0 Å². The van der Waals surface area contributed by atoms with E-state index in [2.05, 4.69) is 16.9 Å². The molecule has 4 heterocycles. The first-order valence-electron chi connectivity index (χ1n) is 12.3. The van der Waals surface area contributed by atoms with Crippen LogP contribution in [-0.4, -0.2) is 89.5 Å². The number of para-hydroxylation sites is 1. The molecule has 192 valence electrons. The number of aromatic nitrogens is 3. The average molecular weight is 514 g/mol. The van der Waals surface area contributed by atoms with Crippen LogP contribution in [0, 0.1) is 11.8 Å². The quantitative estimate of drug-likeness (QED) is 0.395. The minimum Gasteiger partial charge on any atom is -0.466 e. The lowest BCUT2D eigenvalue weighted by Crippen LogP contribution is -2.57. The lowest BCUT2D eigenvalue weighted by atomic mass is 9.71. The van der Waals surface area contributed by atoms with Crippen molar-refractivity contribution in [2.45, 2.75) is 55.4 Å². The van der Waals surface area contributed by atoms with Crippen molar-refractivity contribution in [2.75, 3.05) is 19.8 Å². The van der Waals surface area contributed by atoms with Gasteiger partial charge in [-0.1, -0.05) is 23.4 Å². The summed E-state index contributed by atoms with van der Waals surface area (Å²) in [4.78, 5) is 44.2. The highest BCUT2D eigenvalue weighted by Crippen LogP contribution is 2.66. The maximum absolute atomic E-state index is 14.3. The molecule has 2 unspecified atom stereocenters. The zero-order chi connectivity index (χ0) is 25.6. The number of aliphatic hydroxyl groups is 1. The maximum Gasteiger partial charge on any atom is 0.310 e. The molecule has 6 atom stereocenters. The third-order valence-corrected chi connectivity index (χ3v) is 9.61. The molecule has 2 bridgehead atoms. The molecule has 1 aromatic heterocycles. The summed E-state index contributed by atoms with van der Waals surface area (Å²) in [5.74, 6) is -2.12. The van der Waals surface area contributed by atoms with Gasteiger partial charge in [0.25, 0.3) is 0 Å². The van der Waals surface area contributed by atoms with Gasteiger partial charge in [-0.05, 0) is 38.8 Å². The van der Waals surface area contributed by atoms with Crippen molar-refractivity contribution in [3.05, 3.63) is 36.9 Å². The van der Waals surface area contributed by atoms with Crippen LogP contribution in [0.5, 0.6) is 0 Å². The summed E-state index contributed by atoms with van der Waals surface area (Å²) in [6, 6.07) is 6.10. The van der Waals surface area contributed by atoms with Crippen molar-refractivity contribution in [3.8, 4) is 0 Å². The van der Waals surface area contributed by atoms with E-state index in [1.54, 1.807) is 41.3 Å². The van der Waals surface area contributed by atoms with Crippen molar-refractivity contribution >= 4 is 40.6 Å². The second-order valence-electron chi connectivity index (χ2n) is 9.65. The number of benzene rings is 1. The third kappa shape index (κ3) is 3.62. The fraction of sp³-hybridized carbons (Fsp3) is 0.560. The molecule has 1 spiro atoms. The first-order chi connectivity index (χ1) is 17.4. The summed E-state index contributed by atoms with van der Waals surface area (Å²) in [5.41, 5.74) is 1.51. The number of amides is 2. The van der Waals surface area contributed by atoms with Crippen LogP contribution in [0.3, 0.4) is 0 Å². The number of carbonyl (C=O) groups is 3. The molecular weight excluding hydrogens is 482 g/mol.